The molecule has 0 saturated carbocycles. The predicted octanol–water partition coefficient (Wildman–Crippen LogP) is 4.31. The van der Waals surface area contributed by atoms with Gasteiger partial charge in [-0.3, -0.25) is 19.4 Å². The largest absolute Gasteiger partial charge is 0.497 e. The SMILES string of the molecule is COc1ccc(-c2n[nH]c(=S)n2CCC(=O)NCc2ccccc2CN2CCCCC2)cc1. The molecule has 0 atom stereocenters. The first-order valence-corrected chi connectivity index (χ1v) is 11.9. The molecule has 4 rings (SSSR count). The third-order valence-electron chi connectivity index (χ3n) is 6.11. The first-order valence-electron chi connectivity index (χ1n) is 11.5. The third kappa shape index (κ3) is 6.09. The van der Waals surface area contributed by atoms with Gasteiger partial charge < -0.3 is 10.1 Å². The van der Waals surface area contributed by atoms with Crippen molar-refractivity contribution in [1.29, 1.82) is 0 Å². The van der Waals surface area contributed by atoms with E-state index in [4.69, 9.17) is 17.0 Å². The number of hydrogen-bond donors (Lipinski definition) is 2. The number of hydrogen-bond acceptors (Lipinski definition) is 5. The molecule has 2 N–H and O–H groups in total. The van der Waals surface area contributed by atoms with Gasteiger partial charge in [-0.1, -0.05) is 30.7 Å². The minimum Gasteiger partial charge on any atom is -0.497 e. The number of methoxy groups -OCH3 is 1. The highest BCUT2D eigenvalue weighted by Crippen LogP contribution is 2.21. The van der Waals surface area contributed by atoms with Crippen molar-refractivity contribution in [2.24, 2.45) is 0 Å². The van der Waals surface area contributed by atoms with E-state index in [1.54, 1.807) is 7.11 Å². The number of carbonyl (C=O) groups excluding carboxylic acids is 1. The Balaban J connectivity index is 1.34. The summed E-state index contributed by atoms with van der Waals surface area (Å²) in [6.07, 6.45) is 4.20. The molecule has 0 aliphatic carbocycles. The molecule has 8 heteroatoms. The van der Waals surface area contributed by atoms with Crippen LogP contribution in [-0.2, 0) is 24.4 Å². The smallest absolute Gasteiger partial charge is 0.222 e. The van der Waals surface area contributed by atoms with Crippen LogP contribution in [0.3, 0.4) is 0 Å². The molecule has 3 aromatic rings. The topological polar surface area (TPSA) is 75.2 Å². The fraction of sp³-hybridized carbons (Fsp3) is 0.400. The minimum absolute atomic E-state index is 0.00782. The summed E-state index contributed by atoms with van der Waals surface area (Å²) in [7, 11) is 1.63. The highest BCUT2D eigenvalue weighted by Gasteiger charge is 2.14. The second-order valence-corrected chi connectivity index (χ2v) is 8.75. The number of carbonyl (C=O) groups is 1. The van der Waals surface area contributed by atoms with Crippen LogP contribution in [0.1, 0.15) is 36.8 Å². The first-order chi connectivity index (χ1) is 16.1. The Morgan fingerprint density at radius 2 is 1.82 bits per heavy atom. The van der Waals surface area contributed by atoms with E-state index in [2.05, 4.69) is 38.6 Å². The molecular weight excluding hydrogens is 434 g/mol. The maximum absolute atomic E-state index is 12.6. The molecule has 0 spiro atoms. The molecule has 33 heavy (non-hydrogen) atoms. The number of H-pyrrole nitrogens is 1. The second-order valence-electron chi connectivity index (χ2n) is 8.36. The zero-order chi connectivity index (χ0) is 23.0. The molecule has 1 aliphatic rings. The number of nitrogens with one attached hydrogen (secondary N) is 2. The predicted molar refractivity (Wildman–Crippen MR) is 131 cm³/mol. The van der Waals surface area contributed by atoms with Crippen LogP contribution in [0.2, 0.25) is 0 Å². The summed E-state index contributed by atoms with van der Waals surface area (Å²) in [4.78, 5) is 15.1. The van der Waals surface area contributed by atoms with Gasteiger partial charge in [0.05, 0.1) is 7.11 Å². The van der Waals surface area contributed by atoms with E-state index in [1.165, 1.54) is 30.4 Å². The Morgan fingerprint density at radius 3 is 2.55 bits per heavy atom. The van der Waals surface area contributed by atoms with E-state index >= 15 is 0 Å². The Hall–Kier alpha value is -2.97. The van der Waals surface area contributed by atoms with Crippen molar-refractivity contribution in [2.75, 3.05) is 20.2 Å². The lowest BCUT2D eigenvalue weighted by Crippen LogP contribution is -2.30. The van der Waals surface area contributed by atoms with Crippen molar-refractivity contribution >= 4 is 18.1 Å². The molecule has 1 aliphatic heterocycles. The first kappa shape index (κ1) is 23.2. The molecule has 0 bridgehead atoms. The van der Waals surface area contributed by atoms with Gasteiger partial charge in [0.15, 0.2) is 10.6 Å². The van der Waals surface area contributed by atoms with E-state index < -0.39 is 0 Å². The normalized spacial score (nSPS) is 14.2. The lowest BCUT2D eigenvalue weighted by Gasteiger charge is -2.27. The number of ether oxygens (including phenoxy) is 1. The molecule has 0 unspecified atom stereocenters. The number of nitrogens with zero attached hydrogens (tertiary/aromatic N) is 3. The Labute approximate surface area is 199 Å². The van der Waals surface area contributed by atoms with Crippen molar-refractivity contribution in [3.8, 4) is 17.1 Å². The van der Waals surface area contributed by atoms with E-state index in [0.717, 1.165) is 30.9 Å². The summed E-state index contributed by atoms with van der Waals surface area (Å²) in [5.74, 6) is 1.48. The van der Waals surface area contributed by atoms with Crippen molar-refractivity contribution in [2.45, 2.75) is 45.3 Å². The number of aromatic nitrogens is 3. The van der Waals surface area contributed by atoms with Gasteiger partial charge in [-0.25, -0.2) is 0 Å². The van der Waals surface area contributed by atoms with Gasteiger partial charge in [-0.2, -0.15) is 5.10 Å². The molecule has 2 aromatic carbocycles. The van der Waals surface area contributed by atoms with Crippen LogP contribution in [0, 0.1) is 4.77 Å². The van der Waals surface area contributed by atoms with Gasteiger partial charge in [0.2, 0.25) is 5.91 Å². The molecule has 2 heterocycles. The van der Waals surface area contributed by atoms with E-state index in [1.807, 2.05) is 34.9 Å². The van der Waals surface area contributed by atoms with E-state index in [-0.39, 0.29) is 5.91 Å². The van der Waals surface area contributed by atoms with Crippen molar-refractivity contribution in [3.63, 3.8) is 0 Å². The van der Waals surface area contributed by atoms with Crippen LogP contribution in [0.5, 0.6) is 5.75 Å². The van der Waals surface area contributed by atoms with Crippen LogP contribution < -0.4 is 10.1 Å². The number of benzene rings is 2. The summed E-state index contributed by atoms with van der Waals surface area (Å²) in [5.41, 5.74) is 3.38. The maximum atomic E-state index is 12.6. The summed E-state index contributed by atoms with van der Waals surface area (Å²) in [6.45, 7) is 4.25. The molecular formula is C25H31N5O2S. The number of likely N-dealkylation sites (tertiary alicyclic amines) is 1. The molecule has 7 nitrogen and oxygen atoms in total. The van der Waals surface area contributed by atoms with Gasteiger partial charge >= 0.3 is 0 Å². The van der Waals surface area contributed by atoms with Crippen molar-refractivity contribution in [1.82, 2.24) is 25.0 Å². The Kier molecular flexibility index (Phi) is 7.91. The van der Waals surface area contributed by atoms with Crippen molar-refractivity contribution < 1.29 is 9.53 Å². The molecule has 0 radical (unpaired) electrons. The Bertz CT molecular complexity index is 1120. The maximum Gasteiger partial charge on any atom is 0.222 e. The number of piperidine rings is 1. The zero-order valence-electron chi connectivity index (χ0n) is 19.0. The third-order valence-corrected chi connectivity index (χ3v) is 6.42. The number of rotatable bonds is 9. The quantitative estimate of drug-likeness (QED) is 0.461. The molecule has 174 valence electrons. The number of aromatic amines is 1. The van der Waals surface area contributed by atoms with Crippen molar-refractivity contribution in [3.05, 3.63) is 64.4 Å². The van der Waals surface area contributed by atoms with Crippen LogP contribution >= 0.6 is 12.2 Å². The molecule has 1 amide bonds. The monoisotopic (exact) mass is 465 g/mol. The standard InChI is InChI=1S/C25H31N5O2S/c1-32-22-11-9-19(10-12-22)24-27-28-25(33)30(24)16-13-23(31)26-17-20-7-3-4-8-21(20)18-29-14-5-2-6-15-29/h3-4,7-12H,2,5-6,13-18H2,1H3,(H,26,31)(H,28,33). The average molecular weight is 466 g/mol. The zero-order valence-corrected chi connectivity index (χ0v) is 19.9. The lowest BCUT2D eigenvalue weighted by molar-refractivity contribution is -0.121. The van der Waals surface area contributed by atoms with E-state index in [0.29, 0.717) is 30.1 Å². The number of amides is 1. The summed E-state index contributed by atoms with van der Waals surface area (Å²) in [6, 6.07) is 16.0. The van der Waals surface area contributed by atoms with Crippen LogP contribution in [-0.4, -0.2) is 45.8 Å². The highest BCUT2D eigenvalue weighted by atomic mass is 32.1. The highest BCUT2D eigenvalue weighted by molar-refractivity contribution is 7.71. The van der Waals surface area contributed by atoms with Crippen LogP contribution in [0.15, 0.2) is 48.5 Å². The van der Waals surface area contributed by atoms with Gasteiger partial charge in [-0.15, -0.1) is 0 Å². The van der Waals surface area contributed by atoms with Gasteiger partial charge in [-0.05, 0) is 73.5 Å². The summed E-state index contributed by atoms with van der Waals surface area (Å²) >= 11 is 5.39. The molecule has 1 saturated heterocycles. The lowest BCUT2D eigenvalue weighted by atomic mass is 10.0. The van der Waals surface area contributed by atoms with E-state index in [9.17, 15) is 4.79 Å². The van der Waals surface area contributed by atoms with Crippen LogP contribution in [0.25, 0.3) is 11.4 Å². The molecule has 1 fully saturated rings. The summed E-state index contributed by atoms with van der Waals surface area (Å²) < 4.78 is 7.59. The van der Waals surface area contributed by atoms with Gasteiger partial charge in [0, 0.05) is 31.6 Å². The second kappa shape index (κ2) is 11.2. The minimum atomic E-state index is -0.00782. The fourth-order valence-electron chi connectivity index (χ4n) is 4.22. The Morgan fingerprint density at radius 1 is 1.09 bits per heavy atom. The van der Waals surface area contributed by atoms with Crippen LogP contribution in [0.4, 0.5) is 0 Å². The fourth-order valence-corrected chi connectivity index (χ4v) is 4.45. The average Bonchev–Trinajstić information content (AvgIpc) is 3.23. The van der Waals surface area contributed by atoms with Gasteiger partial charge in [0.25, 0.3) is 0 Å². The molecule has 1 aromatic heterocycles. The summed E-state index contributed by atoms with van der Waals surface area (Å²) in [5, 5.41) is 10.3. The van der Waals surface area contributed by atoms with Gasteiger partial charge in [0.1, 0.15) is 5.75 Å².